The molecule has 1 aliphatic rings. The van der Waals surface area contributed by atoms with Gasteiger partial charge in [-0.1, -0.05) is 30.3 Å². The van der Waals surface area contributed by atoms with Crippen LogP contribution in [-0.4, -0.2) is 30.1 Å². The number of rotatable bonds is 2. The summed E-state index contributed by atoms with van der Waals surface area (Å²) in [7, 11) is 0. The van der Waals surface area contributed by atoms with Crippen LogP contribution >= 0.6 is 12.4 Å². The summed E-state index contributed by atoms with van der Waals surface area (Å²) < 4.78 is 0. The summed E-state index contributed by atoms with van der Waals surface area (Å²) >= 11 is 0. The first-order valence-corrected chi connectivity index (χ1v) is 5.73. The Balaban J connectivity index is 0.00000128. The zero-order chi connectivity index (χ0) is 10.8. The van der Waals surface area contributed by atoms with Crippen LogP contribution in [0.25, 0.3) is 0 Å². The first-order chi connectivity index (χ1) is 7.18. The zero-order valence-corrected chi connectivity index (χ0v) is 10.8. The van der Waals surface area contributed by atoms with E-state index >= 15 is 0 Å². The molecular formula is C13H21ClN2. The molecule has 0 aliphatic carbocycles. The van der Waals surface area contributed by atoms with Crippen molar-refractivity contribution in [2.45, 2.75) is 31.8 Å². The van der Waals surface area contributed by atoms with Gasteiger partial charge in [0.2, 0.25) is 0 Å². The molecule has 0 saturated carbocycles. The van der Waals surface area contributed by atoms with E-state index < -0.39 is 0 Å². The summed E-state index contributed by atoms with van der Waals surface area (Å²) in [4.78, 5) is 2.46. The smallest absolute Gasteiger partial charge is 0.0250 e. The minimum absolute atomic E-state index is 0. The standard InChI is InChI=1S/C13H20N2.ClH/c1-10(2)15-8-12(13(14)9-15)11-6-4-3-5-7-11;/h3-7,10,12-13H,8-9,14H2,1-2H3;1H/t12-,13+;/m0./s1. The fourth-order valence-corrected chi connectivity index (χ4v) is 2.34. The molecule has 2 rings (SSSR count). The highest BCUT2D eigenvalue weighted by atomic mass is 35.5. The number of benzene rings is 1. The van der Waals surface area contributed by atoms with E-state index in [4.69, 9.17) is 5.73 Å². The lowest BCUT2D eigenvalue weighted by Gasteiger charge is -2.19. The van der Waals surface area contributed by atoms with E-state index in [1.165, 1.54) is 5.56 Å². The lowest BCUT2D eigenvalue weighted by atomic mass is 9.95. The van der Waals surface area contributed by atoms with Crippen LogP contribution in [0.3, 0.4) is 0 Å². The third-order valence-electron chi connectivity index (χ3n) is 3.35. The molecule has 0 radical (unpaired) electrons. The molecule has 1 heterocycles. The number of hydrogen-bond acceptors (Lipinski definition) is 2. The molecule has 1 saturated heterocycles. The Bertz CT molecular complexity index is 313. The Morgan fingerprint density at radius 1 is 1.19 bits per heavy atom. The van der Waals surface area contributed by atoms with Gasteiger partial charge in [-0.15, -0.1) is 12.4 Å². The van der Waals surface area contributed by atoms with Crippen LogP contribution in [0.1, 0.15) is 25.3 Å². The van der Waals surface area contributed by atoms with Crippen molar-refractivity contribution < 1.29 is 0 Å². The molecule has 1 fully saturated rings. The van der Waals surface area contributed by atoms with Crippen molar-refractivity contribution in [3.63, 3.8) is 0 Å². The summed E-state index contributed by atoms with van der Waals surface area (Å²) in [5, 5.41) is 0. The quantitative estimate of drug-likeness (QED) is 0.859. The van der Waals surface area contributed by atoms with Crippen molar-refractivity contribution in [2.75, 3.05) is 13.1 Å². The minimum Gasteiger partial charge on any atom is -0.326 e. The lowest BCUT2D eigenvalue weighted by Crippen LogP contribution is -2.31. The maximum atomic E-state index is 6.20. The molecule has 2 N–H and O–H groups in total. The van der Waals surface area contributed by atoms with Crippen molar-refractivity contribution in [1.29, 1.82) is 0 Å². The van der Waals surface area contributed by atoms with Crippen molar-refractivity contribution in [2.24, 2.45) is 5.73 Å². The lowest BCUT2D eigenvalue weighted by molar-refractivity contribution is 0.270. The molecule has 0 amide bonds. The fraction of sp³-hybridized carbons (Fsp3) is 0.538. The topological polar surface area (TPSA) is 29.3 Å². The number of nitrogens with two attached hydrogens (primary N) is 1. The molecule has 0 aromatic heterocycles. The summed E-state index contributed by atoms with van der Waals surface area (Å²) in [5.74, 6) is 0.508. The van der Waals surface area contributed by atoms with Crippen LogP contribution in [0.4, 0.5) is 0 Å². The van der Waals surface area contributed by atoms with Gasteiger partial charge in [-0.05, 0) is 19.4 Å². The highest BCUT2D eigenvalue weighted by Crippen LogP contribution is 2.27. The number of hydrogen-bond donors (Lipinski definition) is 1. The van der Waals surface area contributed by atoms with E-state index in [-0.39, 0.29) is 18.4 Å². The molecule has 1 aromatic rings. The molecule has 3 heteroatoms. The second kappa shape index (κ2) is 5.67. The fourth-order valence-electron chi connectivity index (χ4n) is 2.34. The number of likely N-dealkylation sites (tertiary alicyclic amines) is 1. The summed E-state index contributed by atoms with van der Waals surface area (Å²) in [5.41, 5.74) is 7.58. The van der Waals surface area contributed by atoms with Gasteiger partial charge in [-0.25, -0.2) is 0 Å². The van der Waals surface area contributed by atoms with Crippen LogP contribution in [-0.2, 0) is 0 Å². The second-order valence-corrected chi connectivity index (χ2v) is 4.73. The van der Waals surface area contributed by atoms with Crippen LogP contribution in [0, 0.1) is 0 Å². The van der Waals surface area contributed by atoms with E-state index in [1.54, 1.807) is 0 Å². The Hall–Kier alpha value is -0.570. The third kappa shape index (κ3) is 2.76. The van der Waals surface area contributed by atoms with Gasteiger partial charge in [0.25, 0.3) is 0 Å². The zero-order valence-electron chi connectivity index (χ0n) is 9.97. The molecule has 0 spiro atoms. The van der Waals surface area contributed by atoms with Crippen LogP contribution in [0.5, 0.6) is 0 Å². The van der Waals surface area contributed by atoms with Gasteiger partial charge in [0.15, 0.2) is 0 Å². The third-order valence-corrected chi connectivity index (χ3v) is 3.35. The Morgan fingerprint density at radius 2 is 1.81 bits per heavy atom. The summed E-state index contributed by atoms with van der Waals surface area (Å²) in [6, 6.07) is 11.5. The monoisotopic (exact) mass is 240 g/mol. The number of halogens is 1. The predicted octanol–water partition coefficient (Wildman–Crippen LogP) is 2.24. The normalized spacial score (nSPS) is 25.8. The molecule has 0 unspecified atom stereocenters. The van der Waals surface area contributed by atoms with Crippen molar-refractivity contribution in [3.8, 4) is 0 Å². The van der Waals surface area contributed by atoms with Gasteiger partial charge in [-0.3, -0.25) is 4.90 Å². The summed E-state index contributed by atoms with van der Waals surface area (Å²) in [6.45, 7) is 6.60. The van der Waals surface area contributed by atoms with Crippen LogP contribution < -0.4 is 5.73 Å². The van der Waals surface area contributed by atoms with Crippen LogP contribution in [0.2, 0.25) is 0 Å². The number of nitrogens with zero attached hydrogens (tertiary/aromatic N) is 1. The molecule has 16 heavy (non-hydrogen) atoms. The van der Waals surface area contributed by atoms with Crippen molar-refractivity contribution in [1.82, 2.24) is 4.90 Å². The highest BCUT2D eigenvalue weighted by molar-refractivity contribution is 5.85. The van der Waals surface area contributed by atoms with Gasteiger partial charge >= 0.3 is 0 Å². The minimum atomic E-state index is 0. The summed E-state index contributed by atoms with van der Waals surface area (Å²) in [6.07, 6.45) is 0. The van der Waals surface area contributed by atoms with Gasteiger partial charge in [-0.2, -0.15) is 0 Å². The molecule has 2 nitrogen and oxygen atoms in total. The average molecular weight is 241 g/mol. The molecule has 1 aliphatic heterocycles. The maximum Gasteiger partial charge on any atom is 0.0250 e. The molecule has 90 valence electrons. The molecule has 1 aromatic carbocycles. The Kier molecular flexibility index (Phi) is 4.78. The van der Waals surface area contributed by atoms with E-state index in [1.807, 2.05) is 0 Å². The van der Waals surface area contributed by atoms with Crippen molar-refractivity contribution in [3.05, 3.63) is 35.9 Å². The molecular weight excluding hydrogens is 220 g/mol. The molecule has 0 bridgehead atoms. The Morgan fingerprint density at radius 3 is 2.31 bits per heavy atom. The van der Waals surface area contributed by atoms with E-state index in [9.17, 15) is 0 Å². The highest BCUT2D eigenvalue weighted by Gasteiger charge is 2.31. The largest absolute Gasteiger partial charge is 0.326 e. The second-order valence-electron chi connectivity index (χ2n) is 4.73. The van der Waals surface area contributed by atoms with E-state index in [2.05, 4.69) is 49.1 Å². The van der Waals surface area contributed by atoms with Gasteiger partial charge in [0, 0.05) is 31.1 Å². The Labute approximate surface area is 104 Å². The van der Waals surface area contributed by atoms with E-state index in [0.717, 1.165) is 13.1 Å². The van der Waals surface area contributed by atoms with E-state index in [0.29, 0.717) is 12.0 Å². The average Bonchev–Trinajstić information content (AvgIpc) is 2.62. The first kappa shape index (κ1) is 13.5. The van der Waals surface area contributed by atoms with Gasteiger partial charge in [0.1, 0.15) is 0 Å². The predicted molar refractivity (Wildman–Crippen MR) is 71.1 cm³/mol. The molecule has 2 atom stereocenters. The van der Waals surface area contributed by atoms with Gasteiger partial charge in [0.05, 0.1) is 0 Å². The van der Waals surface area contributed by atoms with Gasteiger partial charge < -0.3 is 5.73 Å². The van der Waals surface area contributed by atoms with Crippen LogP contribution in [0.15, 0.2) is 30.3 Å². The van der Waals surface area contributed by atoms with Crippen molar-refractivity contribution >= 4 is 12.4 Å². The maximum absolute atomic E-state index is 6.20. The first-order valence-electron chi connectivity index (χ1n) is 5.73. The SMILES string of the molecule is CC(C)N1C[C@@H](N)[C@H](c2ccccc2)C1.Cl.